The Labute approximate surface area is 202 Å². The Morgan fingerprint density at radius 2 is 1.97 bits per heavy atom. The molecule has 4 rings (SSSR count). The lowest BCUT2D eigenvalue weighted by Gasteiger charge is -2.13. The molecule has 0 radical (unpaired) electrons. The molecule has 0 saturated heterocycles. The van der Waals surface area contributed by atoms with Gasteiger partial charge in [-0.3, -0.25) is 9.48 Å². The summed E-state index contributed by atoms with van der Waals surface area (Å²) in [5.41, 5.74) is 3.53. The van der Waals surface area contributed by atoms with E-state index in [-0.39, 0.29) is 22.8 Å². The Kier molecular flexibility index (Phi) is 6.56. The fourth-order valence-corrected chi connectivity index (χ4v) is 4.43. The topological polar surface area (TPSA) is 85.6 Å². The van der Waals surface area contributed by atoms with Crippen LogP contribution in [0.5, 0.6) is 0 Å². The predicted octanol–water partition coefficient (Wildman–Crippen LogP) is 5.64. The Hall–Kier alpha value is -3.46. The van der Waals surface area contributed by atoms with Crippen LogP contribution in [0.3, 0.4) is 0 Å². The molecule has 0 unspecified atom stereocenters. The summed E-state index contributed by atoms with van der Waals surface area (Å²) in [5, 5.41) is 8.08. The highest BCUT2D eigenvalue weighted by Crippen LogP contribution is 2.28. The number of benzene rings is 1. The summed E-state index contributed by atoms with van der Waals surface area (Å²) in [6, 6.07) is 5.65. The number of carbonyl (C=O) groups is 1. The van der Waals surface area contributed by atoms with Crippen molar-refractivity contribution in [3.8, 4) is 11.3 Å². The van der Waals surface area contributed by atoms with Crippen molar-refractivity contribution in [1.82, 2.24) is 24.7 Å². The molecule has 0 aliphatic rings. The maximum atomic E-state index is 14.5. The second kappa shape index (κ2) is 9.42. The first kappa shape index (κ1) is 23.7. The SMILES string of the molecule is Cc1cc(-c2nc(Nc3cnn(C)c3)ncc2F)ccc1CCC(=O)c1cnc(C(C)(C)C)s1. The number of aromatic nitrogens is 5. The van der Waals surface area contributed by atoms with Crippen molar-refractivity contribution in [3.05, 3.63) is 69.8 Å². The number of carbonyl (C=O) groups excluding carboxylic acids is 1. The molecule has 7 nitrogen and oxygen atoms in total. The Morgan fingerprint density at radius 1 is 1.18 bits per heavy atom. The molecule has 0 fully saturated rings. The van der Waals surface area contributed by atoms with Gasteiger partial charge in [0.1, 0.15) is 5.69 Å². The summed E-state index contributed by atoms with van der Waals surface area (Å²) in [6.45, 7) is 8.22. The average molecular weight is 479 g/mol. The molecule has 9 heteroatoms. The molecule has 3 aromatic heterocycles. The number of ketones is 1. The molecule has 0 amide bonds. The molecule has 0 atom stereocenters. The fraction of sp³-hybridized carbons (Fsp3) is 0.320. The number of hydrogen-bond donors (Lipinski definition) is 1. The molecule has 0 aliphatic carbocycles. The van der Waals surface area contributed by atoms with Crippen molar-refractivity contribution in [2.24, 2.45) is 7.05 Å². The number of Topliss-reactive ketones (excluding diaryl/α,β-unsaturated/α-hetero) is 1. The minimum atomic E-state index is -0.501. The Balaban J connectivity index is 1.47. The summed E-state index contributed by atoms with van der Waals surface area (Å²) >= 11 is 1.46. The Morgan fingerprint density at radius 3 is 2.62 bits per heavy atom. The quantitative estimate of drug-likeness (QED) is 0.346. The first-order chi connectivity index (χ1) is 16.1. The molecule has 0 aliphatic heterocycles. The average Bonchev–Trinajstić information content (AvgIpc) is 3.43. The van der Waals surface area contributed by atoms with Crippen LogP contribution in [0.25, 0.3) is 11.3 Å². The predicted molar refractivity (Wildman–Crippen MR) is 132 cm³/mol. The molecule has 0 saturated carbocycles. The lowest BCUT2D eigenvalue weighted by Crippen LogP contribution is -2.09. The smallest absolute Gasteiger partial charge is 0.228 e. The van der Waals surface area contributed by atoms with Crippen molar-refractivity contribution >= 4 is 28.8 Å². The van der Waals surface area contributed by atoms with Gasteiger partial charge in [0.05, 0.1) is 28.0 Å². The van der Waals surface area contributed by atoms with Crippen LogP contribution in [0.1, 0.15) is 53.0 Å². The fourth-order valence-electron chi connectivity index (χ4n) is 3.49. The molecule has 0 bridgehead atoms. The van der Waals surface area contributed by atoms with Gasteiger partial charge in [-0.25, -0.2) is 19.3 Å². The van der Waals surface area contributed by atoms with E-state index in [1.165, 1.54) is 11.3 Å². The van der Waals surface area contributed by atoms with Gasteiger partial charge in [-0.15, -0.1) is 11.3 Å². The highest BCUT2D eigenvalue weighted by molar-refractivity contribution is 7.13. The van der Waals surface area contributed by atoms with Crippen molar-refractivity contribution < 1.29 is 9.18 Å². The molecule has 3 heterocycles. The van der Waals surface area contributed by atoms with E-state index in [1.807, 2.05) is 25.1 Å². The number of rotatable bonds is 7. The zero-order chi connectivity index (χ0) is 24.5. The van der Waals surface area contributed by atoms with E-state index >= 15 is 0 Å². The van der Waals surface area contributed by atoms with Gasteiger partial charge >= 0.3 is 0 Å². The van der Waals surface area contributed by atoms with Crippen molar-refractivity contribution in [2.75, 3.05) is 5.32 Å². The second-order valence-corrected chi connectivity index (χ2v) is 10.3. The van der Waals surface area contributed by atoms with E-state index in [1.54, 1.807) is 30.3 Å². The van der Waals surface area contributed by atoms with Gasteiger partial charge in [0.25, 0.3) is 0 Å². The van der Waals surface area contributed by atoms with E-state index in [4.69, 9.17) is 0 Å². The number of nitrogens with zero attached hydrogens (tertiary/aromatic N) is 5. The maximum absolute atomic E-state index is 14.5. The van der Waals surface area contributed by atoms with Gasteiger partial charge in [-0.05, 0) is 30.5 Å². The molecule has 34 heavy (non-hydrogen) atoms. The number of nitrogens with one attached hydrogen (secondary N) is 1. The van der Waals surface area contributed by atoms with Crippen molar-refractivity contribution in [1.29, 1.82) is 0 Å². The molecule has 176 valence electrons. The molecule has 1 N–H and O–H groups in total. The number of halogens is 1. The van der Waals surface area contributed by atoms with Crippen LogP contribution < -0.4 is 5.32 Å². The van der Waals surface area contributed by atoms with Crippen LogP contribution in [0.4, 0.5) is 16.0 Å². The molecular weight excluding hydrogens is 451 g/mol. The van der Waals surface area contributed by atoms with Crippen molar-refractivity contribution in [3.63, 3.8) is 0 Å². The monoisotopic (exact) mass is 478 g/mol. The van der Waals surface area contributed by atoms with Gasteiger partial charge in [-0.2, -0.15) is 5.10 Å². The standard InChI is InChI=1S/C25H27FN6OS/c1-15-10-17(22-19(26)12-28-24(31-22)30-18-11-29-32(5)14-18)7-6-16(15)8-9-20(33)21-13-27-23(34-21)25(2,3)4/h6-7,10-14H,8-9H2,1-5H3,(H,28,30,31). The van der Waals surface area contributed by atoms with Gasteiger partial charge in [-0.1, -0.05) is 32.9 Å². The van der Waals surface area contributed by atoms with Crippen LogP contribution in [-0.2, 0) is 18.9 Å². The minimum absolute atomic E-state index is 0.0702. The summed E-state index contributed by atoms with van der Waals surface area (Å²) in [4.78, 5) is 26.2. The zero-order valence-corrected chi connectivity index (χ0v) is 20.7. The minimum Gasteiger partial charge on any atom is -0.321 e. The lowest BCUT2D eigenvalue weighted by atomic mass is 9.98. The summed E-state index contributed by atoms with van der Waals surface area (Å²) in [7, 11) is 1.81. The van der Waals surface area contributed by atoms with Gasteiger partial charge < -0.3 is 5.32 Å². The van der Waals surface area contributed by atoms with E-state index in [2.05, 4.69) is 46.1 Å². The first-order valence-corrected chi connectivity index (χ1v) is 11.8. The highest BCUT2D eigenvalue weighted by atomic mass is 32.1. The van der Waals surface area contributed by atoms with E-state index in [0.29, 0.717) is 29.0 Å². The second-order valence-electron chi connectivity index (χ2n) is 9.26. The van der Waals surface area contributed by atoms with Crippen LogP contribution in [0, 0.1) is 12.7 Å². The number of hydrogen-bond acceptors (Lipinski definition) is 7. The third-order valence-electron chi connectivity index (χ3n) is 5.36. The summed E-state index contributed by atoms with van der Waals surface area (Å²) < 4.78 is 16.2. The first-order valence-electron chi connectivity index (χ1n) is 11.0. The normalized spacial score (nSPS) is 11.6. The van der Waals surface area contributed by atoms with Crippen LogP contribution >= 0.6 is 11.3 Å². The van der Waals surface area contributed by atoms with Gasteiger partial charge in [0, 0.05) is 36.8 Å². The van der Waals surface area contributed by atoms with Crippen LogP contribution in [0.2, 0.25) is 0 Å². The molecule has 4 aromatic rings. The third kappa shape index (κ3) is 5.36. The number of anilines is 2. The third-order valence-corrected chi connectivity index (χ3v) is 6.83. The van der Waals surface area contributed by atoms with Crippen LogP contribution in [-0.4, -0.2) is 30.5 Å². The zero-order valence-electron chi connectivity index (χ0n) is 19.9. The summed E-state index contributed by atoms with van der Waals surface area (Å²) in [5.74, 6) is -0.126. The number of aryl methyl sites for hydroxylation is 3. The Bertz CT molecular complexity index is 1340. The molecular formula is C25H27FN6OS. The van der Waals surface area contributed by atoms with E-state index in [9.17, 15) is 9.18 Å². The largest absolute Gasteiger partial charge is 0.321 e. The van der Waals surface area contributed by atoms with E-state index in [0.717, 1.165) is 22.3 Å². The molecule has 0 spiro atoms. The van der Waals surface area contributed by atoms with Gasteiger partial charge in [0.15, 0.2) is 11.6 Å². The van der Waals surface area contributed by atoms with Crippen LogP contribution in [0.15, 0.2) is 43.0 Å². The van der Waals surface area contributed by atoms with E-state index < -0.39 is 5.82 Å². The summed E-state index contributed by atoms with van der Waals surface area (Å²) in [6.07, 6.45) is 7.26. The lowest BCUT2D eigenvalue weighted by molar-refractivity contribution is 0.0986. The maximum Gasteiger partial charge on any atom is 0.228 e. The number of thiazole rings is 1. The molecule has 1 aromatic carbocycles. The van der Waals surface area contributed by atoms with Gasteiger partial charge in [0.2, 0.25) is 5.95 Å². The van der Waals surface area contributed by atoms with Crippen molar-refractivity contribution in [2.45, 2.75) is 46.0 Å². The highest BCUT2D eigenvalue weighted by Gasteiger charge is 2.20.